The molecule has 3 aliphatic rings. The van der Waals surface area contributed by atoms with Crippen molar-refractivity contribution in [1.29, 1.82) is 0 Å². The minimum Gasteiger partial charge on any atom is -0.462 e. The zero-order valence-electron chi connectivity index (χ0n) is 18.5. The van der Waals surface area contributed by atoms with Gasteiger partial charge in [0.15, 0.2) is 0 Å². The van der Waals surface area contributed by atoms with Gasteiger partial charge in [-0.3, -0.25) is 14.4 Å². The Hall–Kier alpha value is -1.43. The van der Waals surface area contributed by atoms with Crippen LogP contribution >= 0.6 is 0 Å². The second-order valence-electron chi connectivity index (χ2n) is 9.66. The molecule has 0 saturated heterocycles. The number of hydrogen-bond donors (Lipinski definition) is 0. The molecule has 0 spiro atoms. The van der Waals surface area contributed by atoms with E-state index in [1.807, 2.05) is 6.92 Å². The highest BCUT2D eigenvalue weighted by Crippen LogP contribution is 2.58. The predicted molar refractivity (Wildman–Crippen MR) is 107 cm³/mol. The fourth-order valence-electron chi connectivity index (χ4n) is 6.39. The Labute approximate surface area is 174 Å². The molecule has 0 radical (unpaired) electrons. The first-order chi connectivity index (χ1) is 13.6. The van der Waals surface area contributed by atoms with Gasteiger partial charge in [0, 0.05) is 44.1 Å². The van der Waals surface area contributed by atoms with Crippen LogP contribution in [-0.2, 0) is 28.6 Å². The van der Waals surface area contributed by atoms with Crippen molar-refractivity contribution < 1.29 is 28.6 Å². The number of Topliss-reactive ketones (excluding diaryl/α,β-unsaturated/α-hetero) is 1. The minimum atomic E-state index is -0.326. The van der Waals surface area contributed by atoms with Crippen LogP contribution in [0.3, 0.4) is 0 Å². The molecular formula is C23H36O6. The van der Waals surface area contributed by atoms with E-state index in [1.54, 1.807) is 0 Å². The molecule has 3 saturated carbocycles. The average molecular weight is 409 g/mol. The van der Waals surface area contributed by atoms with Crippen LogP contribution in [-0.4, -0.2) is 42.6 Å². The summed E-state index contributed by atoms with van der Waals surface area (Å²) >= 11 is 0. The Morgan fingerprint density at radius 3 is 2.31 bits per heavy atom. The first kappa shape index (κ1) is 22.3. The van der Waals surface area contributed by atoms with Gasteiger partial charge in [-0.1, -0.05) is 13.8 Å². The number of carbonyl (C=O) groups is 3. The molecule has 29 heavy (non-hydrogen) atoms. The van der Waals surface area contributed by atoms with Crippen LogP contribution in [0, 0.1) is 22.7 Å². The van der Waals surface area contributed by atoms with Crippen molar-refractivity contribution in [3.05, 3.63) is 0 Å². The lowest BCUT2D eigenvalue weighted by atomic mass is 9.54. The molecule has 2 unspecified atom stereocenters. The summed E-state index contributed by atoms with van der Waals surface area (Å²) < 4.78 is 17.6. The summed E-state index contributed by atoms with van der Waals surface area (Å²) in [5.74, 6) is 0.175. The van der Waals surface area contributed by atoms with Crippen molar-refractivity contribution in [2.24, 2.45) is 22.7 Å². The van der Waals surface area contributed by atoms with E-state index in [9.17, 15) is 14.4 Å². The van der Waals surface area contributed by atoms with E-state index in [0.717, 1.165) is 32.1 Å². The first-order valence-corrected chi connectivity index (χ1v) is 11.1. The fraction of sp³-hybridized carbons (Fsp3) is 0.870. The van der Waals surface area contributed by atoms with Gasteiger partial charge < -0.3 is 14.2 Å². The summed E-state index contributed by atoms with van der Waals surface area (Å²) in [5, 5.41) is 0. The van der Waals surface area contributed by atoms with Crippen molar-refractivity contribution in [3.63, 3.8) is 0 Å². The maximum atomic E-state index is 12.6. The lowest BCUT2D eigenvalue weighted by molar-refractivity contribution is -0.191. The standard InChI is InChI=1S/C23H36O6/c1-6-27-21-17-7-8-19(26)22(17,4)12-10-18(21)23(5)11-9-16(28-14(2)24)13-20(23)29-15(3)25/h16-18,20-21H,6-13H2,1-5H3/t16-,17?,18?,20-,21-,22-,23+/m0/s1. The highest BCUT2D eigenvalue weighted by molar-refractivity contribution is 5.87. The molecule has 164 valence electrons. The number of ether oxygens (including phenoxy) is 3. The Balaban J connectivity index is 1.89. The maximum Gasteiger partial charge on any atom is 0.302 e. The smallest absolute Gasteiger partial charge is 0.302 e. The van der Waals surface area contributed by atoms with Gasteiger partial charge in [0.25, 0.3) is 0 Å². The Morgan fingerprint density at radius 2 is 1.69 bits per heavy atom. The van der Waals surface area contributed by atoms with Crippen molar-refractivity contribution in [2.45, 2.75) is 97.9 Å². The minimum absolute atomic E-state index is 0.0152. The highest BCUT2D eigenvalue weighted by atomic mass is 16.6. The van der Waals surface area contributed by atoms with Crippen LogP contribution in [0.2, 0.25) is 0 Å². The molecule has 0 amide bonds. The molecule has 6 nitrogen and oxygen atoms in total. The van der Waals surface area contributed by atoms with Gasteiger partial charge in [-0.25, -0.2) is 0 Å². The monoisotopic (exact) mass is 408 g/mol. The van der Waals surface area contributed by atoms with Crippen LogP contribution in [0.15, 0.2) is 0 Å². The zero-order chi connectivity index (χ0) is 21.4. The van der Waals surface area contributed by atoms with Gasteiger partial charge in [-0.05, 0) is 50.9 Å². The van der Waals surface area contributed by atoms with Crippen molar-refractivity contribution in [2.75, 3.05) is 6.61 Å². The molecule has 0 aromatic rings. The normalized spacial score (nSPS) is 42.2. The van der Waals surface area contributed by atoms with E-state index in [0.29, 0.717) is 25.2 Å². The third-order valence-corrected chi connectivity index (χ3v) is 7.97. The average Bonchev–Trinajstić information content (AvgIpc) is 2.93. The third-order valence-electron chi connectivity index (χ3n) is 7.97. The topological polar surface area (TPSA) is 78.9 Å². The Kier molecular flexibility index (Phi) is 6.42. The quantitative estimate of drug-likeness (QED) is 0.643. The molecule has 0 bridgehead atoms. The van der Waals surface area contributed by atoms with Gasteiger partial charge in [-0.15, -0.1) is 0 Å². The number of hydrogen-bond acceptors (Lipinski definition) is 6. The van der Waals surface area contributed by atoms with Crippen LogP contribution in [0.1, 0.15) is 79.6 Å². The lowest BCUT2D eigenvalue weighted by Gasteiger charge is -2.55. The molecule has 3 fully saturated rings. The van der Waals surface area contributed by atoms with E-state index in [1.165, 1.54) is 13.8 Å². The van der Waals surface area contributed by atoms with Gasteiger partial charge >= 0.3 is 11.9 Å². The Morgan fingerprint density at radius 1 is 1.00 bits per heavy atom. The van der Waals surface area contributed by atoms with Gasteiger partial charge in [0.1, 0.15) is 18.0 Å². The van der Waals surface area contributed by atoms with Crippen molar-refractivity contribution in [1.82, 2.24) is 0 Å². The van der Waals surface area contributed by atoms with Crippen LogP contribution < -0.4 is 0 Å². The van der Waals surface area contributed by atoms with E-state index in [2.05, 4.69) is 13.8 Å². The summed E-state index contributed by atoms with van der Waals surface area (Å²) in [7, 11) is 0. The SMILES string of the molecule is CCO[C@H]1C2CCC(=O)[C@@]2(C)CCC1[C@@]1(C)CC[C@H](OC(C)=O)C[C@@H]1OC(C)=O. The number of carbonyl (C=O) groups excluding carboxylic acids is 3. The molecule has 7 atom stereocenters. The summed E-state index contributed by atoms with van der Waals surface area (Å²) in [5.41, 5.74) is -0.562. The fourth-order valence-corrected chi connectivity index (χ4v) is 6.39. The Bertz CT molecular complexity index is 660. The summed E-state index contributed by atoms with van der Waals surface area (Å²) in [6, 6.07) is 0. The van der Waals surface area contributed by atoms with Crippen molar-refractivity contribution in [3.8, 4) is 0 Å². The summed E-state index contributed by atoms with van der Waals surface area (Å²) in [6.45, 7) is 9.76. The molecule has 0 N–H and O–H groups in total. The molecule has 3 aliphatic carbocycles. The van der Waals surface area contributed by atoms with Crippen molar-refractivity contribution >= 4 is 17.7 Å². The third kappa shape index (κ3) is 4.10. The van der Waals surface area contributed by atoms with Crippen LogP contribution in [0.4, 0.5) is 0 Å². The van der Waals surface area contributed by atoms with E-state index in [4.69, 9.17) is 14.2 Å². The molecule has 0 aromatic carbocycles. The molecule has 0 aliphatic heterocycles. The first-order valence-electron chi connectivity index (χ1n) is 11.1. The number of fused-ring (bicyclic) bond motifs is 1. The molecule has 0 aromatic heterocycles. The van der Waals surface area contributed by atoms with Crippen LogP contribution in [0.5, 0.6) is 0 Å². The van der Waals surface area contributed by atoms with Gasteiger partial charge in [0.2, 0.25) is 0 Å². The highest BCUT2D eigenvalue weighted by Gasteiger charge is 2.60. The summed E-state index contributed by atoms with van der Waals surface area (Å²) in [6.07, 6.45) is 4.76. The van der Waals surface area contributed by atoms with Gasteiger partial charge in [0.05, 0.1) is 6.10 Å². The number of ketones is 1. The van der Waals surface area contributed by atoms with E-state index < -0.39 is 0 Å². The number of esters is 2. The second-order valence-corrected chi connectivity index (χ2v) is 9.66. The lowest BCUT2D eigenvalue weighted by Crippen LogP contribution is -2.57. The predicted octanol–water partition coefficient (Wildman–Crippen LogP) is 3.84. The molecule has 6 heteroatoms. The summed E-state index contributed by atoms with van der Waals surface area (Å²) in [4.78, 5) is 36.0. The molecular weight excluding hydrogens is 372 g/mol. The number of rotatable bonds is 5. The maximum absolute atomic E-state index is 12.6. The molecule has 3 rings (SSSR count). The van der Waals surface area contributed by atoms with Crippen LogP contribution in [0.25, 0.3) is 0 Å². The van der Waals surface area contributed by atoms with E-state index >= 15 is 0 Å². The zero-order valence-corrected chi connectivity index (χ0v) is 18.5. The van der Waals surface area contributed by atoms with Gasteiger partial charge in [-0.2, -0.15) is 0 Å². The molecule has 0 heterocycles. The second kappa shape index (κ2) is 8.37. The largest absolute Gasteiger partial charge is 0.462 e. The van der Waals surface area contributed by atoms with E-state index in [-0.39, 0.29) is 52.9 Å².